The van der Waals surface area contributed by atoms with Crippen LogP contribution in [0.1, 0.15) is 0 Å². The quantitative estimate of drug-likeness (QED) is 0.326. The molecule has 198 valence electrons. The van der Waals surface area contributed by atoms with Crippen LogP contribution < -0.4 is 29.9 Å². The first-order valence-electron chi connectivity index (χ1n) is 12.6. The first kappa shape index (κ1) is 24.4. The van der Waals surface area contributed by atoms with Crippen LogP contribution in [0.3, 0.4) is 0 Å². The molecule has 0 amide bonds. The van der Waals surface area contributed by atoms with Gasteiger partial charge in [-0.25, -0.2) is 0 Å². The van der Waals surface area contributed by atoms with E-state index in [1.165, 1.54) is 0 Å². The number of hydrogen-bond acceptors (Lipinski definition) is 9. The number of halogens is 1. The van der Waals surface area contributed by atoms with E-state index in [-0.39, 0.29) is 0 Å². The molecule has 2 aliphatic rings. The highest BCUT2D eigenvalue weighted by Gasteiger charge is 2.33. The maximum Gasteiger partial charge on any atom is 0.231 e. The normalized spacial score (nSPS) is 17.0. The van der Waals surface area contributed by atoms with Crippen molar-refractivity contribution in [2.75, 3.05) is 74.9 Å². The zero-order chi connectivity index (χ0) is 26.4. The molecule has 1 atom stereocenters. The highest BCUT2D eigenvalue weighted by Crippen LogP contribution is 2.43. The van der Waals surface area contributed by atoms with Crippen molar-refractivity contribution in [1.29, 1.82) is 0 Å². The number of anilines is 6. The minimum atomic E-state index is 0.326. The molecule has 38 heavy (non-hydrogen) atoms. The summed E-state index contributed by atoms with van der Waals surface area (Å²) in [6, 6.07) is 12.4. The van der Waals surface area contributed by atoms with Crippen molar-refractivity contribution in [3.8, 4) is 11.5 Å². The fourth-order valence-electron chi connectivity index (χ4n) is 5.17. The van der Waals surface area contributed by atoms with E-state index in [9.17, 15) is 0 Å². The minimum absolute atomic E-state index is 0.326. The van der Waals surface area contributed by atoms with Gasteiger partial charge < -0.3 is 39.8 Å². The number of hydrogen-bond donors (Lipinski definition) is 3. The van der Waals surface area contributed by atoms with Crippen molar-refractivity contribution >= 4 is 57.2 Å². The molecular weight excluding hydrogens is 504 g/mol. The molecule has 2 aromatic carbocycles. The molecule has 3 N–H and O–H groups in total. The fraction of sp³-hybridized carbons (Fsp3) is 0.333. The number of likely N-dealkylation sites (N-methyl/N-ethyl adjacent to an activating group) is 1. The Bertz CT molecular complexity index is 1490. The lowest BCUT2D eigenvalue weighted by Gasteiger charge is -2.44. The summed E-state index contributed by atoms with van der Waals surface area (Å²) >= 11 is 6.52. The third-order valence-electron chi connectivity index (χ3n) is 7.08. The van der Waals surface area contributed by atoms with Crippen molar-refractivity contribution < 1.29 is 9.47 Å². The summed E-state index contributed by atoms with van der Waals surface area (Å²) in [4.78, 5) is 19.5. The Morgan fingerprint density at radius 2 is 1.97 bits per heavy atom. The average molecular weight is 535 g/mol. The van der Waals surface area contributed by atoms with Gasteiger partial charge in [0.15, 0.2) is 0 Å². The second-order valence-electron chi connectivity index (χ2n) is 9.86. The number of H-pyrrole nitrogens is 1. The van der Waals surface area contributed by atoms with Crippen LogP contribution in [0.4, 0.5) is 34.5 Å². The molecule has 4 heterocycles. The Kier molecular flexibility index (Phi) is 6.29. The summed E-state index contributed by atoms with van der Waals surface area (Å²) in [5, 5.41) is 8.06. The van der Waals surface area contributed by atoms with Crippen molar-refractivity contribution in [2.45, 2.75) is 6.04 Å². The summed E-state index contributed by atoms with van der Waals surface area (Å²) in [5.41, 5.74) is 4.31. The molecule has 11 heteroatoms. The number of ether oxygens (including phenoxy) is 2. The summed E-state index contributed by atoms with van der Waals surface area (Å²) < 4.78 is 12.0. The van der Waals surface area contributed by atoms with Crippen LogP contribution in [0.25, 0.3) is 11.0 Å². The number of benzene rings is 2. The fourth-order valence-corrected chi connectivity index (χ4v) is 5.40. The smallest absolute Gasteiger partial charge is 0.231 e. The van der Waals surface area contributed by atoms with Crippen LogP contribution in [0.5, 0.6) is 11.5 Å². The highest BCUT2D eigenvalue weighted by molar-refractivity contribution is 6.36. The second-order valence-corrected chi connectivity index (χ2v) is 10.3. The summed E-state index contributed by atoms with van der Waals surface area (Å²) in [6.07, 6.45) is 1.72. The number of piperazine rings is 1. The molecule has 4 aromatic rings. The highest BCUT2D eigenvalue weighted by atomic mass is 35.5. The number of nitrogens with one attached hydrogen (secondary N) is 3. The van der Waals surface area contributed by atoms with Gasteiger partial charge in [0.2, 0.25) is 5.95 Å². The number of aromatic nitrogens is 3. The Balaban J connectivity index is 1.36. The predicted octanol–water partition coefficient (Wildman–Crippen LogP) is 4.69. The Morgan fingerprint density at radius 3 is 2.79 bits per heavy atom. The number of aromatic amines is 1. The molecule has 0 spiro atoms. The third kappa shape index (κ3) is 4.39. The molecular formula is C27H31ClN8O2. The maximum absolute atomic E-state index is 6.52. The lowest BCUT2D eigenvalue weighted by Crippen LogP contribution is -2.56. The first-order chi connectivity index (χ1) is 18.4. The van der Waals surface area contributed by atoms with E-state index < -0.39 is 0 Å². The van der Waals surface area contributed by atoms with Crippen molar-refractivity contribution in [3.63, 3.8) is 0 Å². The van der Waals surface area contributed by atoms with E-state index in [0.29, 0.717) is 46.2 Å². The topological polar surface area (TPSA) is 93.8 Å². The summed E-state index contributed by atoms with van der Waals surface area (Å²) in [7, 11) is 7.82. The second kappa shape index (κ2) is 9.77. The van der Waals surface area contributed by atoms with Crippen LogP contribution >= 0.6 is 11.6 Å². The van der Waals surface area contributed by atoms with E-state index in [4.69, 9.17) is 26.1 Å². The van der Waals surface area contributed by atoms with E-state index in [1.54, 1.807) is 13.3 Å². The monoisotopic (exact) mass is 534 g/mol. The minimum Gasteiger partial charge on any atom is -0.494 e. The van der Waals surface area contributed by atoms with Crippen LogP contribution in [-0.2, 0) is 0 Å². The van der Waals surface area contributed by atoms with Gasteiger partial charge in [0.25, 0.3) is 0 Å². The van der Waals surface area contributed by atoms with Crippen LogP contribution in [0.15, 0.2) is 42.6 Å². The van der Waals surface area contributed by atoms with E-state index in [0.717, 1.165) is 48.1 Å². The van der Waals surface area contributed by atoms with Crippen LogP contribution in [-0.4, -0.2) is 80.4 Å². The first-order valence-corrected chi connectivity index (χ1v) is 12.9. The molecule has 6 rings (SSSR count). The zero-order valence-electron chi connectivity index (χ0n) is 21.9. The number of nitrogens with zero attached hydrogens (tertiary/aromatic N) is 5. The molecule has 2 aliphatic heterocycles. The lowest BCUT2D eigenvalue weighted by molar-refractivity contribution is 0.188. The zero-order valence-corrected chi connectivity index (χ0v) is 22.6. The predicted molar refractivity (Wildman–Crippen MR) is 153 cm³/mol. The largest absolute Gasteiger partial charge is 0.494 e. The number of methoxy groups -OCH3 is 1. The van der Waals surface area contributed by atoms with Gasteiger partial charge >= 0.3 is 0 Å². The van der Waals surface area contributed by atoms with Gasteiger partial charge in [-0.1, -0.05) is 23.7 Å². The van der Waals surface area contributed by atoms with Gasteiger partial charge in [0.05, 0.1) is 46.3 Å². The average Bonchev–Trinajstić information content (AvgIpc) is 3.28. The van der Waals surface area contributed by atoms with E-state index >= 15 is 0 Å². The molecule has 1 fully saturated rings. The van der Waals surface area contributed by atoms with Crippen molar-refractivity contribution in [2.24, 2.45) is 0 Å². The Morgan fingerprint density at radius 1 is 1.13 bits per heavy atom. The number of rotatable bonds is 6. The van der Waals surface area contributed by atoms with Crippen LogP contribution in [0.2, 0.25) is 5.02 Å². The standard InChI is InChI=1S/C27H31ClN8O2/c1-34(2)20-8-6-5-7-18(20)30-26-24-17(28)13-29-25(24)32-27(33-26)31-19-11-23-21(12-22(19)37-4)36-10-9-35(3)14-16(36)15-38-23/h5-8,11-13,16H,9-10,14-15H2,1-4H3,(H3,29,30,31,32,33). The van der Waals surface area contributed by atoms with Gasteiger partial charge in [-0.15, -0.1) is 0 Å². The Hall–Kier alpha value is -3.89. The number of fused-ring (bicyclic) bond motifs is 4. The number of para-hydroxylation sites is 2. The summed E-state index contributed by atoms with van der Waals surface area (Å²) in [5.74, 6) is 2.49. The van der Waals surface area contributed by atoms with Gasteiger partial charge in [0.1, 0.15) is 29.6 Å². The molecule has 10 nitrogen and oxygen atoms in total. The molecule has 0 saturated carbocycles. The van der Waals surface area contributed by atoms with Gasteiger partial charge in [0, 0.05) is 52.1 Å². The van der Waals surface area contributed by atoms with Crippen molar-refractivity contribution in [3.05, 3.63) is 47.6 Å². The van der Waals surface area contributed by atoms with E-state index in [1.807, 2.05) is 55.4 Å². The molecule has 0 aliphatic carbocycles. The van der Waals surface area contributed by atoms with Crippen molar-refractivity contribution in [1.82, 2.24) is 19.9 Å². The van der Waals surface area contributed by atoms with Crippen LogP contribution in [0, 0.1) is 0 Å². The molecule has 0 radical (unpaired) electrons. The maximum atomic E-state index is 6.52. The Labute approximate surface area is 226 Å². The molecule has 1 saturated heterocycles. The molecule has 2 aromatic heterocycles. The van der Waals surface area contributed by atoms with Gasteiger partial charge in [-0.2, -0.15) is 9.97 Å². The summed E-state index contributed by atoms with van der Waals surface area (Å²) in [6.45, 7) is 3.58. The lowest BCUT2D eigenvalue weighted by atomic mass is 10.1. The van der Waals surface area contributed by atoms with Gasteiger partial charge in [-0.05, 0) is 19.2 Å². The van der Waals surface area contributed by atoms with Gasteiger partial charge in [-0.3, -0.25) is 0 Å². The SMILES string of the molecule is COc1cc2c(cc1Nc1nc(Nc3ccccc3N(C)C)c3c(Cl)c[nH]c3n1)OCC1CN(C)CCN21. The third-order valence-corrected chi connectivity index (χ3v) is 7.37. The molecule has 0 bridgehead atoms. The van der Waals surface area contributed by atoms with E-state index in [2.05, 4.69) is 37.4 Å². The molecule has 1 unspecified atom stereocenters.